The number of hydrogen-bond donors (Lipinski definition) is 1. The Balaban J connectivity index is 4.13. The van der Waals surface area contributed by atoms with E-state index in [9.17, 15) is 4.79 Å². The minimum atomic E-state index is -1.12. The monoisotopic (exact) mass is 229 g/mol. The van der Waals surface area contributed by atoms with Crippen LogP contribution in [-0.2, 0) is 4.79 Å². The van der Waals surface area contributed by atoms with E-state index < -0.39 is 8.07 Å². The van der Waals surface area contributed by atoms with Crippen molar-refractivity contribution in [3.8, 4) is 0 Å². The first kappa shape index (κ1) is 14.7. The van der Waals surface area contributed by atoms with E-state index in [1.54, 1.807) is 7.05 Å². The van der Waals surface area contributed by atoms with Gasteiger partial charge in [0.15, 0.2) is 0 Å². The molecular weight excluding hydrogens is 202 g/mol. The first-order valence-electron chi connectivity index (χ1n) is 6.12. The van der Waals surface area contributed by atoms with Crippen molar-refractivity contribution >= 4 is 14.0 Å². The molecule has 1 amide bonds. The molecule has 0 radical (unpaired) electrons. The maximum absolute atomic E-state index is 11.7. The van der Waals surface area contributed by atoms with E-state index in [0.717, 1.165) is 12.5 Å². The molecule has 0 aromatic heterocycles. The maximum atomic E-state index is 11.7. The summed E-state index contributed by atoms with van der Waals surface area (Å²) in [6.45, 7) is 9.21. The molecule has 0 aliphatic heterocycles. The Morgan fingerprint density at radius 1 is 1.27 bits per heavy atom. The second-order valence-electron chi connectivity index (χ2n) is 5.57. The van der Waals surface area contributed by atoms with Gasteiger partial charge in [-0.3, -0.25) is 4.79 Å². The van der Waals surface area contributed by atoms with Gasteiger partial charge < -0.3 is 5.32 Å². The summed E-state index contributed by atoms with van der Waals surface area (Å²) < 4.78 is 0. The Morgan fingerprint density at radius 2 is 1.87 bits per heavy atom. The summed E-state index contributed by atoms with van der Waals surface area (Å²) in [7, 11) is 0.629. The quantitative estimate of drug-likeness (QED) is 0.527. The van der Waals surface area contributed by atoms with Crippen LogP contribution < -0.4 is 5.32 Å². The predicted molar refractivity (Wildman–Crippen MR) is 69.9 cm³/mol. The third-order valence-electron chi connectivity index (χ3n) is 2.63. The van der Waals surface area contributed by atoms with Crippen molar-refractivity contribution in [2.45, 2.75) is 58.3 Å². The number of unbranched alkanes of at least 4 members (excludes halogenated alkanes) is 2. The normalized spacial score (nSPS) is 13.7. The zero-order chi connectivity index (χ0) is 11.9. The topological polar surface area (TPSA) is 29.1 Å². The van der Waals surface area contributed by atoms with Gasteiger partial charge in [0, 0.05) is 21.0 Å². The van der Waals surface area contributed by atoms with Crippen LogP contribution in [0.1, 0.15) is 32.6 Å². The molecule has 90 valence electrons. The molecular formula is C12H27NOSi. The average Bonchev–Trinajstić information content (AvgIpc) is 2.13. The van der Waals surface area contributed by atoms with Crippen LogP contribution >= 0.6 is 0 Å². The Morgan fingerprint density at radius 3 is 2.27 bits per heavy atom. The Bertz CT molecular complexity index is 187. The number of hydrogen-bond acceptors (Lipinski definition) is 1. The Kier molecular flexibility index (Phi) is 6.90. The molecule has 0 heterocycles. The van der Waals surface area contributed by atoms with Crippen LogP contribution in [-0.4, -0.2) is 21.0 Å². The van der Waals surface area contributed by atoms with Crippen LogP contribution in [0.15, 0.2) is 0 Å². The molecule has 0 aliphatic carbocycles. The fourth-order valence-corrected chi connectivity index (χ4v) is 3.78. The van der Waals surface area contributed by atoms with E-state index in [1.807, 2.05) is 0 Å². The van der Waals surface area contributed by atoms with Gasteiger partial charge in [-0.05, 0) is 12.5 Å². The highest BCUT2D eigenvalue weighted by molar-refractivity contribution is 6.76. The number of nitrogens with one attached hydrogen (secondary N) is 1. The summed E-state index contributed by atoms with van der Waals surface area (Å²) in [5.41, 5.74) is 0. The molecule has 0 saturated carbocycles. The molecule has 1 atom stereocenters. The second kappa shape index (κ2) is 7.04. The molecule has 0 bridgehead atoms. The third-order valence-corrected chi connectivity index (χ3v) is 4.35. The van der Waals surface area contributed by atoms with Crippen LogP contribution in [0.2, 0.25) is 25.7 Å². The number of carbonyl (C=O) groups excluding carboxylic acids is 1. The van der Waals surface area contributed by atoms with Crippen molar-refractivity contribution in [2.24, 2.45) is 5.92 Å². The summed E-state index contributed by atoms with van der Waals surface area (Å²) in [4.78, 5) is 11.7. The summed E-state index contributed by atoms with van der Waals surface area (Å²) >= 11 is 0. The summed E-state index contributed by atoms with van der Waals surface area (Å²) in [5, 5.41) is 2.80. The lowest BCUT2D eigenvalue weighted by molar-refractivity contribution is -0.124. The number of carbonyl (C=O) groups is 1. The van der Waals surface area contributed by atoms with Gasteiger partial charge in [0.2, 0.25) is 5.91 Å². The van der Waals surface area contributed by atoms with E-state index in [2.05, 4.69) is 31.9 Å². The van der Waals surface area contributed by atoms with Crippen LogP contribution in [0.4, 0.5) is 0 Å². The zero-order valence-corrected chi connectivity index (χ0v) is 12.0. The van der Waals surface area contributed by atoms with E-state index >= 15 is 0 Å². The highest BCUT2D eigenvalue weighted by Crippen LogP contribution is 2.22. The van der Waals surface area contributed by atoms with Gasteiger partial charge in [0.1, 0.15) is 0 Å². The molecule has 1 N–H and O–H groups in total. The van der Waals surface area contributed by atoms with Gasteiger partial charge in [-0.15, -0.1) is 0 Å². The molecule has 1 unspecified atom stereocenters. The van der Waals surface area contributed by atoms with E-state index in [1.165, 1.54) is 19.3 Å². The highest BCUT2D eigenvalue weighted by Gasteiger charge is 2.24. The summed E-state index contributed by atoms with van der Waals surface area (Å²) in [6, 6.07) is 1.12. The standard InChI is InChI=1S/C12H27NOSi/c1-6-7-8-9-11(12(14)13-2)10-15(3,4)5/h11H,6-10H2,1-5H3,(H,13,14). The van der Waals surface area contributed by atoms with Crippen molar-refractivity contribution in [3.63, 3.8) is 0 Å². The lowest BCUT2D eigenvalue weighted by atomic mass is 10.0. The summed E-state index contributed by atoms with van der Waals surface area (Å²) in [6.07, 6.45) is 4.74. The van der Waals surface area contributed by atoms with Crippen molar-refractivity contribution in [3.05, 3.63) is 0 Å². The predicted octanol–water partition coefficient (Wildman–Crippen LogP) is 3.27. The minimum Gasteiger partial charge on any atom is -0.359 e. The molecule has 0 aromatic carbocycles. The second-order valence-corrected chi connectivity index (χ2v) is 11.1. The molecule has 3 heteroatoms. The Hall–Kier alpha value is -0.313. The number of rotatable bonds is 7. The van der Waals surface area contributed by atoms with Gasteiger partial charge in [-0.2, -0.15) is 0 Å². The lowest BCUT2D eigenvalue weighted by Gasteiger charge is -2.23. The van der Waals surface area contributed by atoms with Crippen LogP contribution in [0.3, 0.4) is 0 Å². The lowest BCUT2D eigenvalue weighted by Crippen LogP contribution is -2.33. The SMILES string of the molecule is CCCCCC(C[Si](C)(C)C)C(=O)NC. The van der Waals surface area contributed by atoms with Gasteiger partial charge in [-0.1, -0.05) is 45.8 Å². The van der Waals surface area contributed by atoms with E-state index in [4.69, 9.17) is 0 Å². The van der Waals surface area contributed by atoms with Crippen molar-refractivity contribution < 1.29 is 4.79 Å². The fourth-order valence-electron chi connectivity index (χ4n) is 1.91. The highest BCUT2D eigenvalue weighted by atomic mass is 28.3. The van der Waals surface area contributed by atoms with E-state index in [0.29, 0.717) is 0 Å². The van der Waals surface area contributed by atoms with Crippen molar-refractivity contribution in [1.82, 2.24) is 5.32 Å². The fraction of sp³-hybridized carbons (Fsp3) is 0.917. The molecule has 2 nitrogen and oxygen atoms in total. The van der Waals surface area contributed by atoms with E-state index in [-0.39, 0.29) is 11.8 Å². The average molecular weight is 229 g/mol. The zero-order valence-electron chi connectivity index (χ0n) is 11.0. The molecule has 0 spiro atoms. The molecule has 0 saturated heterocycles. The van der Waals surface area contributed by atoms with Crippen molar-refractivity contribution in [1.29, 1.82) is 0 Å². The first-order valence-corrected chi connectivity index (χ1v) is 9.83. The molecule has 15 heavy (non-hydrogen) atoms. The van der Waals surface area contributed by atoms with Crippen LogP contribution in [0.5, 0.6) is 0 Å². The molecule has 0 rings (SSSR count). The first-order chi connectivity index (χ1) is 6.90. The van der Waals surface area contributed by atoms with Crippen molar-refractivity contribution in [2.75, 3.05) is 7.05 Å². The van der Waals surface area contributed by atoms with Gasteiger partial charge >= 0.3 is 0 Å². The number of amides is 1. The minimum absolute atomic E-state index is 0.244. The van der Waals surface area contributed by atoms with Gasteiger partial charge in [-0.25, -0.2) is 0 Å². The van der Waals surface area contributed by atoms with Crippen LogP contribution in [0, 0.1) is 5.92 Å². The van der Waals surface area contributed by atoms with Crippen LogP contribution in [0.25, 0.3) is 0 Å². The molecule has 0 fully saturated rings. The third kappa shape index (κ3) is 7.60. The largest absolute Gasteiger partial charge is 0.359 e. The summed E-state index contributed by atoms with van der Waals surface area (Å²) in [5.74, 6) is 0.502. The molecule has 0 aliphatic rings. The van der Waals surface area contributed by atoms with Gasteiger partial charge in [0.05, 0.1) is 0 Å². The Labute approximate surface area is 95.8 Å². The smallest absolute Gasteiger partial charge is 0.222 e. The maximum Gasteiger partial charge on any atom is 0.222 e. The molecule has 0 aromatic rings. The van der Waals surface area contributed by atoms with Gasteiger partial charge in [0.25, 0.3) is 0 Å².